The third-order valence-corrected chi connectivity index (χ3v) is 2.16. The number of rotatable bonds is 2. The summed E-state index contributed by atoms with van der Waals surface area (Å²) in [5, 5.41) is 18.0. The van der Waals surface area contributed by atoms with Crippen LogP contribution in [0, 0.1) is 0 Å². The maximum absolute atomic E-state index is 9.06. The second-order valence-corrected chi connectivity index (χ2v) is 3.35. The topological polar surface area (TPSA) is 40.5 Å². The average Bonchev–Trinajstić information content (AvgIpc) is 1.87. The van der Waals surface area contributed by atoms with Gasteiger partial charge in [0.05, 0.1) is 10.6 Å². The first-order chi connectivity index (χ1) is 4.95. The maximum Gasteiger partial charge on any atom is 0.103 e. The highest BCUT2D eigenvalue weighted by molar-refractivity contribution is 9.11. The van der Waals surface area contributed by atoms with E-state index in [0.717, 1.165) is 5.57 Å². The second-order valence-electron chi connectivity index (χ2n) is 2.50. The van der Waals surface area contributed by atoms with Crippen molar-refractivity contribution in [1.82, 2.24) is 0 Å². The minimum atomic E-state index is -0.470. The highest BCUT2D eigenvalue weighted by Gasteiger charge is 1.99. The average molecular weight is 221 g/mol. The van der Waals surface area contributed by atoms with Crippen molar-refractivity contribution in [1.29, 1.82) is 0 Å². The molecule has 0 spiro atoms. The standard InChI is InChI=1S/C8H13BrO2/c1-5(6(2)10)4-8(9)7(3)11/h4,6,10-11H,1-3H3/b5-4+,8-7-/t6-/m1/s1. The molecule has 0 aromatic rings. The molecule has 1 atom stereocenters. The first-order valence-corrected chi connectivity index (χ1v) is 4.16. The summed E-state index contributed by atoms with van der Waals surface area (Å²) < 4.78 is 0.607. The van der Waals surface area contributed by atoms with Crippen molar-refractivity contribution in [3.63, 3.8) is 0 Å². The van der Waals surface area contributed by atoms with Gasteiger partial charge in [0.15, 0.2) is 0 Å². The minimum absolute atomic E-state index is 0.213. The van der Waals surface area contributed by atoms with Crippen LogP contribution in [0.15, 0.2) is 21.9 Å². The van der Waals surface area contributed by atoms with Crippen LogP contribution in [-0.4, -0.2) is 16.3 Å². The summed E-state index contributed by atoms with van der Waals surface area (Å²) >= 11 is 3.15. The zero-order valence-corrected chi connectivity index (χ0v) is 8.51. The first kappa shape index (κ1) is 10.7. The Kier molecular flexibility index (Phi) is 4.45. The van der Waals surface area contributed by atoms with Gasteiger partial charge in [-0.2, -0.15) is 0 Å². The monoisotopic (exact) mass is 220 g/mol. The van der Waals surface area contributed by atoms with Crippen LogP contribution in [-0.2, 0) is 0 Å². The number of halogens is 1. The van der Waals surface area contributed by atoms with Gasteiger partial charge >= 0.3 is 0 Å². The Morgan fingerprint density at radius 1 is 1.45 bits per heavy atom. The number of allylic oxidation sites excluding steroid dienone is 3. The number of aliphatic hydroxyl groups is 2. The fraction of sp³-hybridized carbons (Fsp3) is 0.500. The Balaban J connectivity index is 4.44. The Labute approximate surface area is 75.4 Å². The first-order valence-electron chi connectivity index (χ1n) is 3.36. The van der Waals surface area contributed by atoms with Crippen LogP contribution in [0.2, 0.25) is 0 Å². The molecule has 0 aromatic carbocycles. The van der Waals surface area contributed by atoms with E-state index in [-0.39, 0.29) is 5.76 Å². The fourth-order valence-corrected chi connectivity index (χ4v) is 0.786. The lowest BCUT2D eigenvalue weighted by atomic mass is 10.2. The van der Waals surface area contributed by atoms with Crippen molar-refractivity contribution < 1.29 is 10.2 Å². The highest BCUT2D eigenvalue weighted by Crippen LogP contribution is 2.14. The third kappa shape index (κ3) is 4.22. The molecule has 2 nitrogen and oxygen atoms in total. The molecule has 0 radical (unpaired) electrons. The lowest BCUT2D eigenvalue weighted by molar-refractivity contribution is 0.231. The molecular formula is C8H13BrO2. The molecule has 64 valence electrons. The summed E-state index contributed by atoms with van der Waals surface area (Å²) in [6, 6.07) is 0. The van der Waals surface area contributed by atoms with Gasteiger partial charge in [0.1, 0.15) is 5.76 Å². The Bertz CT molecular complexity index is 188. The molecule has 0 rings (SSSR count). The largest absolute Gasteiger partial charge is 0.511 e. The second kappa shape index (κ2) is 4.57. The van der Waals surface area contributed by atoms with E-state index in [1.807, 2.05) is 0 Å². The van der Waals surface area contributed by atoms with Crippen molar-refractivity contribution in [3.05, 3.63) is 21.9 Å². The van der Waals surface area contributed by atoms with Crippen LogP contribution < -0.4 is 0 Å². The number of hydrogen-bond donors (Lipinski definition) is 2. The van der Waals surface area contributed by atoms with Crippen molar-refractivity contribution in [2.45, 2.75) is 26.9 Å². The zero-order valence-electron chi connectivity index (χ0n) is 6.93. The third-order valence-electron chi connectivity index (χ3n) is 1.36. The van der Waals surface area contributed by atoms with E-state index in [0.29, 0.717) is 4.48 Å². The summed E-state index contributed by atoms with van der Waals surface area (Å²) in [4.78, 5) is 0. The molecule has 0 heterocycles. The fourth-order valence-electron chi connectivity index (χ4n) is 0.425. The van der Waals surface area contributed by atoms with Gasteiger partial charge in [0.2, 0.25) is 0 Å². The maximum atomic E-state index is 9.06. The molecule has 0 fully saturated rings. The lowest BCUT2D eigenvalue weighted by Crippen LogP contribution is -2.00. The van der Waals surface area contributed by atoms with Crippen LogP contribution in [0.1, 0.15) is 20.8 Å². The highest BCUT2D eigenvalue weighted by atomic mass is 79.9. The van der Waals surface area contributed by atoms with Gasteiger partial charge in [-0.1, -0.05) is 0 Å². The van der Waals surface area contributed by atoms with Crippen molar-refractivity contribution in [2.24, 2.45) is 0 Å². The molecule has 0 bridgehead atoms. The van der Waals surface area contributed by atoms with Gasteiger partial charge in [-0.3, -0.25) is 0 Å². The molecular weight excluding hydrogens is 208 g/mol. The molecule has 0 amide bonds. The van der Waals surface area contributed by atoms with Crippen LogP contribution in [0.4, 0.5) is 0 Å². The minimum Gasteiger partial charge on any atom is -0.511 e. The molecule has 0 saturated carbocycles. The van der Waals surface area contributed by atoms with Gasteiger partial charge in [-0.05, 0) is 48.4 Å². The van der Waals surface area contributed by atoms with E-state index in [1.54, 1.807) is 26.8 Å². The van der Waals surface area contributed by atoms with E-state index in [4.69, 9.17) is 10.2 Å². The van der Waals surface area contributed by atoms with Crippen LogP contribution in [0.5, 0.6) is 0 Å². The number of aliphatic hydroxyl groups excluding tert-OH is 2. The summed E-state index contributed by atoms with van der Waals surface area (Å²) in [5.41, 5.74) is 0.810. The molecule has 0 aromatic heterocycles. The smallest absolute Gasteiger partial charge is 0.103 e. The summed E-state index contributed by atoms with van der Waals surface area (Å²) in [5.74, 6) is 0.213. The van der Waals surface area contributed by atoms with Gasteiger partial charge < -0.3 is 10.2 Å². The molecule has 2 N–H and O–H groups in total. The molecule has 0 aliphatic heterocycles. The molecule has 0 aliphatic rings. The Morgan fingerprint density at radius 2 is 1.91 bits per heavy atom. The van der Waals surface area contributed by atoms with Gasteiger partial charge in [-0.15, -0.1) is 0 Å². The van der Waals surface area contributed by atoms with E-state index in [9.17, 15) is 0 Å². The quantitative estimate of drug-likeness (QED) is 0.555. The van der Waals surface area contributed by atoms with Crippen molar-refractivity contribution in [2.75, 3.05) is 0 Å². The SMILES string of the molecule is C/C(O)=C(Br)\C=C(/C)[C@@H](C)O. The van der Waals surface area contributed by atoms with Gasteiger partial charge in [0.25, 0.3) is 0 Å². The predicted molar refractivity (Wildman–Crippen MR) is 49.7 cm³/mol. The van der Waals surface area contributed by atoms with Crippen LogP contribution >= 0.6 is 15.9 Å². The van der Waals surface area contributed by atoms with Gasteiger partial charge in [0, 0.05) is 0 Å². The molecule has 3 heteroatoms. The summed E-state index contributed by atoms with van der Waals surface area (Å²) in [6.07, 6.45) is 1.22. The van der Waals surface area contributed by atoms with Crippen molar-refractivity contribution >= 4 is 15.9 Å². The lowest BCUT2D eigenvalue weighted by Gasteiger charge is -2.03. The molecule has 0 saturated heterocycles. The number of hydrogen-bond acceptors (Lipinski definition) is 2. The van der Waals surface area contributed by atoms with Gasteiger partial charge in [-0.25, -0.2) is 0 Å². The van der Waals surface area contributed by atoms with E-state index < -0.39 is 6.10 Å². The van der Waals surface area contributed by atoms with E-state index in [2.05, 4.69) is 15.9 Å². The predicted octanol–water partition coefficient (Wildman–Crippen LogP) is 2.50. The van der Waals surface area contributed by atoms with Crippen LogP contribution in [0.3, 0.4) is 0 Å². The Hall–Kier alpha value is -0.280. The normalized spacial score (nSPS) is 17.7. The summed E-state index contributed by atoms with van der Waals surface area (Å²) in [7, 11) is 0. The van der Waals surface area contributed by atoms with Crippen molar-refractivity contribution in [3.8, 4) is 0 Å². The van der Waals surface area contributed by atoms with E-state index >= 15 is 0 Å². The molecule has 0 unspecified atom stereocenters. The Morgan fingerprint density at radius 3 is 2.18 bits per heavy atom. The zero-order chi connectivity index (χ0) is 9.02. The van der Waals surface area contributed by atoms with Crippen LogP contribution in [0.25, 0.3) is 0 Å². The molecule has 0 aliphatic carbocycles. The molecule has 11 heavy (non-hydrogen) atoms. The summed E-state index contributed by atoms with van der Waals surface area (Å²) in [6.45, 7) is 5.06. The van der Waals surface area contributed by atoms with E-state index in [1.165, 1.54) is 0 Å².